The van der Waals surface area contributed by atoms with Gasteiger partial charge in [0.1, 0.15) is 11.3 Å². The Morgan fingerprint density at radius 1 is 1.36 bits per heavy atom. The second-order valence-corrected chi connectivity index (χ2v) is 6.74. The average molecular weight is 346 g/mol. The van der Waals surface area contributed by atoms with Gasteiger partial charge in [-0.05, 0) is 51.0 Å². The number of amides is 5. The number of carbonyl (C=O) groups is 3. The number of anilines is 1. The standard InChI is InChI=1S/C17H22N4O4/c1-10(2)25-13-5-4-12(8-11(13)3)18-16(24)21-7-6-17(9-21)14(22)19-15(23)20-17/h4-5,8,10H,6-7,9H2,1-3H3,(H,18,24)(H2,19,20,22,23). The molecule has 8 heteroatoms. The number of imide groups is 1. The molecule has 2 fully saturated rings. The highest BCUT2D eigenvalue weighted by atomic mass is 16.5. The van der Waals surface area contributed by atoms with Gasteiger partial charge in [0.2, 0.25) is 0 Å². The number of carbonyl (C=O) groups excluding carboxylic acids is 3. The number of likely N-dealkylation sites (tertiary alicyclic amines) is 1. The molecular formula is C17H22N4O4. The van der Waals surface area contributed by atoms with Gasteiger partial charge in [-0.1, -0.05) is 0 Å². The molecule has 1 aromatic carbocycles. The SMILES string of the molecule is Cc1cc(NC(=O)N2CCC3(C2)NC(=O)NC3=O)ccc1OC(C)C. The highest BCUT2D eigenvalue weighted by Crippen LogP contribution is 2.26. The zero-order valence-electron chi connectivity index (χ0n) is 14.5. The van der Waals surface area contributed by atoms with Gasteiger partial charge in [-0.2, -0.15) is 0 Å². The molecule has 25 heavy (non-hydrogen) atoms. The van der Waals surface area contributed by atoms with Gasteiger partial charge in [-0.3, -0.25) is 10.1 Å². The molecule has 0 bridgehead atoms. The zero-order chi connectivity index (χ0) is 18.2. The van der Waals surface area contributed by atoms with Crippen LogP contribution in [-0.4, -0.2) is 47.6 Å². The van der Waals surface area contributed by atoms with E-state index in [1.54, 1.807) is 6.07 Å². The minimum Gasteiger partial charge on any atom is -0.491 e. The molecule has 8 nitrogen and oxygen atoms in total. The number of aryl methyl sites for hydroxylation is 1. The van der Waals surface area contributed by atoms with Crippen LogP contribution in [0.3, 0.4) is 0 Å². The molecule has 2 aliphatic heterocycles. The Hall–Kier alpha value is -2.77. The van der Waals surface area contributed by atoms with Gasteiger partial charge in [0.25, 0.3) is 5.91 Å². The monoisotopic (exact) mass is 346 g/mol. The molecule has 2 saturated heterocycles. The maximum atomic E-state index is 12.5. The van der Waals surface area contributed by atoms with Crippen LogP contribution in [0.15, 0.2) is 18.2 Å². The van der Waals surface area contributed by atoms with E-state index in [0.717, 1.165) is 11.3 Å². The molecule has 3 rings (SSSR count). The molecule has 0 radical (unpaired) electrons. The van der Waals surface area contributed by atoms with Crippen molar-refractivity contribution in [3.63, 3.8) is 0 Å². The molecule has 0 aromatic heterocycles. The summed E-state index contributed by atoms with van der Waals surface area (Å²) < 4.78 is 5.68. The predicted octanol–water partition coefficient (Wildman–Crippen LogP) is 1.60. The van der Waals surface area contributed by atoms with Gasteiger partial charge in [-0.25, -0.2) is 9.59 Å². The first kappa shape index (κ1) is 17.1. The topological polar surface area (TPSA) is 99.8 Å². The fourth-order valence-corrected chi connectivity index (χ4v) is 3.11. The third-order valence-electron chi connectivity index (χ3n) is 4.36. The lowest BCUT2D eigenvalue weighted by molar-refractivity contribution is -0.123. The number of ether oxygens (including phenoxy) is 1. The molecular weight excluding hydrogens is 324 g/mol. The molecule has 1 spiro atoms. The highest BCUT2D eigenvalue weighted by molar-refractivity contribution is 6.08. The summed E-state index contributed by atoms with van der Waals surface area (Å²) in [5.41, 5.74) is 0.575. The van der Waals surface area contributed by atoms with Crippen molar-refractivity contribution >= 4 is 23.7 Å². The number of hydrogen-bond acceptors (Lipinski definition) is 4. The molecule has 1 aromatic rings. The van der Waals surface area contributed by atoms with Gasteiger partial charge in [-0.15, -0.1) is 0 Å². The Morgan fingerprint density at radius 2 is 2.12 bits per heavy atom. The van der Waals surface area contributed by atoms with Crippen molar-refractivity contribution in [1.82, 2.24) is 15.5 Å². The number of benzene rings is 1. The van der Waals surface area contributed by atoms with E-state index in [2.05, 4.69) is 16.0 Å². The predicted molar refractivity (Wildman–Crippen MR) is 91.6 cm³/mol. The summed E-state index contributed by atoms with van der Waals surface area (Å²) in [6, 6.07) is 4.62. The Labute approximate surface area is 145 Å². The van der Waals surface area contributed by atoms with Gasteiger partial charge in [0.15, 0.2) is 0 Å². The third kappa shape index (κ3) is 3.38. The van der Waals surface area contributed by atoms with Crippen LogP contribution in [0.1, 0.15) is 25.8 Å². The largest absolute Gasteiger partial charge is 0.491 e. The first-order valence-electron chi connectivity index (χ1n) is 8.26. The lowest BCUT2D eigenvalue weighted by Crippen LogP contribution is -2.50. The minimum atomic E-state index is -1.00. The molecule has 5 amide bonds. The van der Waals surface area contributed by atoms with E-state index < -0.39 is 11.6 Å². The van der Waals surface area contributed by atoms with E-state index >= 15 is 0 Å². The minimum absolute atomic E-state index is 0.0766. The lowest BCUT2D eigenvalue weighted by atomic mass is 10.00. The van der Waals surface area contributed by atoms with Gasteiger partial charge >= 0.3 is 12.1 Å². The molecule has 1 unspecified atom stereocenters. The maximum absolute atomic E-state index is 12.5. The smallest absolute Gasteiger partial charge is 0.322 e. The number of urea groups is 2. The number of rotatable bonds is 3. The Kier molecular flexibility index (Phi) is 4.28. The normalized spacial score (nSPS) is 22.3. The van der Waals surface area contributed by atoms with Crippen LogP contribution in [0.5, 0.6) is 5.75 Å². The van der Waals surface area contributed by atoms with Crippen LogP contribution in [-0.2, 0) is 4.79 Å². The van der Waals surface area contributed by atoms with Crippen molar-refractivity contribution < 1.29 is 19.1 Å². The van der Waals surface area contributed by atoms with Crippen molar-refractivity contribution in [3.8, 4) is 5.75 Å². The average Bonchev–Trinajstić information content (AvgIpc) is 3.06. The van der Waals surface area contributed by atoms with Crippen molar-refractivity contribution in [2.75, 3.05) is 18.4 Å². The van der Waals surface area contributed by atoms with E-state index in [-0.39, 0.29) is 24.6 Å². The fraction of sp³-hybridized carbons (Fsp3) is 0.471. The van der Waals surface area contributed by atoms with Crippen LogP contribution in [0.25, 0.3) is 0 Å². The number of hydrogen-bond donors (Lipinski definition) is 3. The second kappa shape index (κ2) is 6.27. The first-order chi connectivity index (χ1) is 11.8. The molecule has 134 valence electrons. The summed E-state index contributed by atoms with van der Waals surface area (Å²) in [6.45, 7) is 6.38. The van der Waals surface area contributed by atoms with E-state index in [1.807, 2.05) is 32.9 Å². The third-order valence-corrected chi connectivity index (χ3v) is 4.36. The summed E-state index contributed by atoms with van der Waals surface area (Å²) >= 11 is 0. The van der Waals surface area contributed by atoms with E-state index in [1.165, 1.54) is 4.90 Å². The molecule has 3 N–H and O–H groups in total. The van der Waals surface area contributed by atoms with Gasteiger partial charge < -0.3 is 20.3 Å². The lowest BCUT2D eigenvalue weighted by Gasteiger charge is -2.21. The fourth-order valence-electron chi connectivity index (χ4n) is 3.11. The molecule has 0 aliphatic carbocycles. The van der Waals surface area contributed by atoms with Crippen molar-refractivity contribution in [3.05, 3.63) is 23.8 Å². The van der Waals surface area contributed by atoms with Crippen LogP contribution >= 0.6 is 0 Å². The number of nitrogens with zero attached hydrogens (tertiary/aromatic N) is 1. The Balaban J connectivity index is 1.64. The zero-order valence-corrected chi connectivity index (χ0v) is 14.5. The molecule has 0 saturated carbocycles. The van der Waals surface area contributed by atoms with Crippen molar-refractivity contribution in [1.29, 1.82) is 0 Å². The van der Waals surface area contributed by atoms with Crippen LogP contribution in [0, 0.1) is 6.92 Å². The summed E-state index contributed by atoms with van der Waals surface area (Å²) in [6.07, 6.45) is 0.478. The van der Waals surface area contributed by atoms with Crippen LogP contribution < -0.4 is 20.7 Å². The summed E-state index contributed by atoms with van der Waals surface area (Å²) in [5.74, 6) is 0.400. The Bertz CT molecular complexity index is 733. The van der Waals surface area contributed by atoms with E-state index in [4.69, 9.17) is 4.74 Å². The highest BCUT2D eigenvalue weighted by Gasteiger charge is 2.51. The molecule has 2 heterocycles. The summed E-state index contributed by atoms with van der Waals surface area (Å²) in [7, 11) is 0. The molecule has 2 aliphatic rings. The Morgan fingerprint density at radius 3 is 2.72 bits per heavy atom. The summed E-state index contributed by atoms with van der Waals surface area (Å²) in [4.78, 5) is 37.3. The molecule has 1 atom stereocenters. The van der Waals surface area contributed by atoms with E-state index in [0.29, 0.717) is 18.7 Å². The van der Waals surface area contributed by atoms with Crippen molar-refractivity contribution in [2.45, 2.75) is 38.8 Å². The van der Waals surface area contributed by atoms with Crippen molar-refractivity contribution in [2.24, 2.45) is 0 Å². The van der Waals surface area contributed by atoms with Gasteiger partial charge in [0, 0.05) is 12.2 Å². The van der Waals surface area contributed by atoms with Gasteiger partial charge in [0.05, 0.1) is 12.6 Å². The quantitative estimate of drug-likeness (QED) is 0.724. The van der Waals surface area contributed by atoms with Crippen LogP contribution in [0.2, 0.25) is 0 Å². The second-order valence-electron chi connectivity index (χ2n) is 6.74. The van der Waals surface area contributed by atoms with E-state index in [9.17, 15) is 14.4 Å². The van der Waals surface area contributed by atoms with Crippen LogP contribution in [0.4, 0.5) is 15.3 Å². The number of nitrogens with one attached hydrogen (secondary N) is 3. The first-order valence-corrected chi connectivity index (χ1v) is 8.26. The maximum Gasteiger partial charge on any atom is 0.322 e. The summed E-state index contributed by atoms with van der Waals surface area (Å²) in [5, 5.41) is 7.68.